The highest BCUT2D eigenvalue weighted by molar-refractivity contribution is 5.78. The number of nitrogens with zero attached hydrogens (tertiary/aromatic N) is 2. The number of hydrazine groups is 1. The molecule has 1 aromatic carbocycles. The van der Waals surface area contributed by atoms with E-state index in [1.807, 2.05) is 30.3 Å². The van der Waals surface area contributed by atoms with Crippen LogP contribution in [0.3, 0.4) is 0 Å². The van der Waals surface area contributed by atoms with Crippen molar-refractivity contribution in [1.82, 2.24) is 5.01 Å². The highest BCUT2D eigenvalue weighted by Crippen LogP contribution is 2.01. The van der Waals surface area contributed by atoms with Crippen LogP contribution in [0.2, 0.25) is 0 Å². The lowest BCUT2D eigenvalue weighted by Gasteiger charge is -2.16. The molecular formula is C9H14N4. The molecule has 70 valence electrons. The van der Waals surface area contributed by atoms with Crippen molar-refractivity contribution in [2.24, 2.45) is 16.8 Å². The Morgan fingerprint density at radius 1 is 1.38 bits per heavy atom. The summed E-state index contributed by atoms with van der Waals surface area (Å²) in [5.41, 5.74) is 1.13. The second-order valence-corrected chi connectivity index (χ2v) is 2.79. The fourth-order valence-electron chi connectivity index (χ4n) is 0.969. The molecule has 4 heteroatoms. The van der Waals surface area contributed by atoms with E-state index in [4.69, 9.17) is 11.7 Å². The van der Waals surface area contributed by atoms with E-state index >= 15 is 0 Å². The fourth-order valence-corrected chi connectivity index (χ4v) is 0.969. The predicted octanol–water partition coefficient (Wildman–Crippen LogP) is 0.654. The minimum absolute atomic E-state index is 0.615. The van der Waals surface area contributed by atoms with E-state index in [0.717, 1.165) is 5.56 Å². The summed E-state index contributed by atoms with van der Waals surface area (Å²) in [6.45, 7) is 2.39. The van der Waals surface area contributed by atoms with E-state index in [2.05, 4.69) is 5.10 Å². The topological polar surface area (TPSA) is 67.6 Å². The number of nitrogens with two attached hydrogens (primary N) is 2. The van der Waals surface area contributed by atoms with E-state index in [1.165, 1.54) is 5.01 Å². The molecule has 0 amide bonds. The maximum absolute atomic E-state index is 5.68. The SMILES string of the molecule is C/C(=N/N)N(N)Cc1ccccc1. The van der Waals surface area contributed by atoms with Gasteiger partial charge in [-0.05, 0) is 12.5 Å². The molecule has 1 aromatic rings. The summed E-state index contributed by atoms with van der Waals surface area (Å²) in [4.78, 5) is 0. The molecule has 0 aliphatic heterocycles. The third-order valence-corrected chi connectivity index (χ3v) is 1.80. The van der Waals surface area contributed by atoms with Crippen LogP contribution in [0.25, 0.3) is 0 Å². The Bertz CT molecular complexity index is 281. The van der Waals surface area contributed by atoms with Gasteiger partial charge in [-0.1, -0.05) is 30.3 Å². The van der Waals surface area contributed by atoms with Crippen LogP contribution >= 0.6 is 0 Å². The molecule has 0 saturated heterocycles. The van der Waals surface area contributed by atoms with Crippen molar-refractivity contribution in [1.29, 1.82) is 0 Å². The van der Waals surface area contributed by atoms with Crippen molar-refractivity contribution in [2.45, 2.75) is 13.5 Å². The van der Waals surface area contributed by atoms with Crippen LogP contribution in [0.15, 0.2) is 35.4 Å². The smallest absolute Gasteiger partial charge is 0.135 e. The molecule has 0 fully saturated rings. The Morgan fingerprint density at radius 2 is 2.00 bits per heavy atom. The third-order valence-electron chi connectivity index (χ3n) is 1.80. The van der Waals surface area contributed by atoms with Gasteiger partial charge in [0.2, 0.25) is 0 Å². The van der Waals surface area contributed by atoms with Gasteiger partial charge in [0.1, 0.15) is 5.84 Å². The molecule has 13 heavy (non-hydrogen) atoms. The number of hydrogen-bond acceptors (Lipinski definition) is 3. The highest BCUT2D eigenvalue weighted by atomic mass is 15.4. The third kappa shape index (κ3) is 2.76. The molecule has 0 spiro atoms. The molecule has 0 radical (unpaired) electrons. The van der Waals surface area contributed by atoms with Crippen molar-refractivity contribution in [3.8, 4) is 0 Å². The minimum atomic E-state index is 0.615. The molecule has 0 unspecified atom stereocenters. The molecule has 0 heterocycles. The molecule has 4 nitrogen and oxygen atoms in total. The van der Waals surface area contributed by atoms with E-state index in [9.17, 15) is 0 Å². The van der Waals surface area contributed by atoms with Crippen LogP contribution in [0.4, 0.5) is 0 Å². The van der Waals surface area contributed by atoms with Gasteiger partial charge in [0.15, 0.2) is 0 Å². The Labute approximate surface area is 77.8 Å². The standard InChI is InChI=1S/C9H14N4/c1-8(12-10)13(11)7-9-5-3-2-4-6-9/h2-6H,7,10-11H2,1H3/b12-8-. The second-order valence-electron chi connectivity index (χ2n) is 2.79. The Hall–Kier alpha value is -1.55. The summed E-state index contributed by atoms with van der Waals surface area (Å²) in [7, 11) is 0. The van der Waals surface area contributed by atoms with E-state index in [0.29, 0.717) is 12.4 Å². The van der Waals surface area contributed by atoms with Gasteiger partial charge < -0.3 is 5.84 Å². The molecule has 4 N–H and O–H groups in total. The minimum Gasteiger partial charge on any atom is -0.322 e. The Morgan fingerprint density at radius 3 is 2.54 bits per heavy atom. The molecule has 0 atom stereocenters. The quantitative estimate of drug-likeness (QED) is 0.302. The average molecular weight is 178 g/mol. The molecule has 0 aliphatic carbocycles. The second kappa shape index (κ2) is 4.47. The zero-order valence-corrected chi connectivity index (χ0v) is 7.64. The maximum atomic E-state index is 5.68. The van der Waals surface area contributed by atoms with Crippen LogP contribution < -0.4 is 11.7 Å². The maximum Gasteiger partial charge on any atom is 0.135 e. The van der Waals surface area contributed by atoms with Crippen molar-refractivity contribution in [3.63, 3.8) is 0 Å². The van der Waals surface area contributed by atoms with Gasteiger partial charge in [0, 0.05) is 0 Å². The van der Waals surface area contributed by atoms with Crippen LogP contribution in [0.1, 0.15) is 12.5 Å². The lowest BCUT2D eigenvalue weighted by molar-refractivity contribution is 0.430. The van der Waals surface area contributed by atoms with Crippen molar-refractivity contribution in [2.75, 3.05) is 0 Å². The highest BCUT2D eigenvalue weighted by Gasteiger charge is 2.00. The predicted molar refractivity (Wildman–Crippen MR) is 53.5 cm³/mol. The summed E-state index contributed by atoms with van der Waals surface area (Å²) in [6.07, 6.45) is 0. The number of hydrazone groups is 1. The van der Waals surface area contributed by atoms with Crippen molar-refractivity contribution >= 4 is 5.84 Å². The first-order chi connectivity index (χ1) is 6.24. The van der Waals surface area contributed by atoms with Gasteiger partial charge in [0.25, 0.3) is 0 Å². The molecule has 1 rings (SSSR count). The van der Waals surface area contributed by atoms with Gasteiger partial charge in [-0.3, -0.25) is 5.01 Å². The first-order valence-electron chi connectivity index (χ1n) is 4.04. The summed E-state index contributed by atoms with van der Waals surface area (Å²) in [5.74, 6) is 11.4. The van der Waals surface area contributed by atoms with Crippen LogP contribution in [-0.2, 0) is 6.54 Å². The normalized spacial score (nSPS) is 11.4. The number of hydrogen-bond donors (Lipinski definition) is 2. The van der Waals surface area contributed by atoms with E-state index in [1.54, 1.807) is 6.92 Å². The van der Waals surface area contributed by atoms with E-state index < -0.39 is 0 Å². The molecule has 0 bridgehead atoms. The first kappa shape index (κ1) is 9.54. The summed E-state index contributed by atoms with van der Waals surface area (Å²) in [6, 6.07) is 9.91. The summed E-state index contributed by atoms with van der Waals surface area (Å²) >= 11 is 0. The molecular weight excluding hydrogens is 164 g/mol. The van der Waals surface area contributed by atoms with Gasteiger partial charge in [-0.15, -0.1) is 0 Å². The lowest BCUT2D eigenvalue weighted by atomic mass is 10.2. The Kier molecular flexibility index (Phi) is 3.28. The van der Waals surface area contributed by atoms with Crippen molar-refractivity contribution < 1.29 is 0 Å². The Balaban J connectivity index is 2.60. The zero-order chi connectivity index (χ0) is 9.68. The van der Waals surface area contributed by atoms with Crippen molar-refractivity contribution in [3.05, 3.63) is 35.9 Å². The monoisotopic (exact) mass is 178 g/mol. The number of rotatable bonds is 2. The number of amidine groups is 1. The lowest BCUT2D eigenvalue weighted by Crippen LogP contribution is -2.35. The summed E-state index contributed by atoms with van der Waals surface area (Å²) in [5, 5.41) is 5.01. The number of benzene rings is 1. The van der Waals surface area contributed by atoms with Gasteiger partial charge in [-0.2, -0.15) is 5.10 Å². The molecule has 0 aliphatic rings. The largest absolute Gasteiger partial charge is 0.322 e. The van der Waals surface area contributed by atoms with Gasteiger partial charge >= 0.3 is 0 Å². The van der Waals surface area contributed by atoms with Gasteiger partial charge in [0.05, 0.1) is 6.54 Å². The van der Waals surface area contributed by atoms with Crippen LogP contribution in [-0.4, -0.2) is 10.8 Å². The van der Waals surface area contributed by atoms with Gasteiger partial charge in [-0.25, -0.2) is 5.84 Å². The van der Waals surface area contributed by atoms with Crippen LogP contribution in [0.5, 0.6) is 0 Å². The van der Waals surface area contributed by atoms with E-state index in [-0.39, 0.29) is 0 Å². The average Bonchev–Trinajstić information content (AvgIpc) is 2.18. The fraction of sp³-hybridized carbons (Fsp3) is 0.222. The summed E-state index contributed by atoms with van der Waals surface area (Å²) < 4.78 is 0. The van der Waals surface area contributed by atoms with Crippen LogP contribution in [0, 0.1) is 0 Å². The molecule has 0 aromatic heterocycles. The zero-order valence-electron chi connectivity index (χ0n) is 7.64. The first-order valence-corrected chi connectivity index (χ1v) is 4.04. The molecule has 0 saturated carbocycles.